The SMILES string of the molecule is Cc1nc(C)c(C(C)Nc2cccc(F)c2F)s1. The molecule has 0 radical (unpaired) electrons. The normalized spacial score (nSPS) is 12.5. The summed E-state index contributed by atoms with van der Waals surface area (Å²) in [6.45, 7) is 5.75. The highest BCUT2D eigenvalue weighted by atomic mass is 32.1. The molecule has 0 bridgehead atoms. The molecule has 2 nitrogen and oxygen atoms in total. The van der Waals surface area contributed by atoms with Crippen molar-refractivity contribution in [3.63, 3.8) is 0 Å². The molecule has 2 rings (SSSR count). The molecule has 0 spiro atoms. The number of aromatic nitrogens is 1. The third-order valence-electron chi connectivity index (χ3n) is 2.66. The van der Waals surface area contributed by atoms with Gasteiger partial charge in [0.25, 0.3) is 0 Å². The van der Waals surface area contributed by atoms with E-state index in [4.69, 9.17) is 0 Å². The third-order valence-corrected chi connectivity index (χ3v) is 3.91. The molecule has 1 N–H and O–H groups in total. The van der Waals surface area contributed by atoms with Crippen LogP contribution in [-0.4, -0.2) is 4.98 Å². The van der Waals surface area contributed by atoms with Gasteiger partial charge in [-0.25, -0.2) is 13.8 Å². The zero-order chi connectivity index (χ0) is 13.3. The van der Waals surface area contributed by atoms with Crippen LogP contribution in [0.5, 0.6) is 0 Å². The number of halogens is 2. The first kappa shape index (κ1) is 13.0. The molecule has 1 aromatic carbocycles. The van der Waals surface area contributed by atoms with E-state index in [0.29, 0.717) is 0 Å². The molecule has 0 saturated carbocycles. The van der Waals surface area contributed by atoms with Crippen LogP contribution >= 0.6 is 11.3 Å². The van der Waals surface area contributed by atoms with E-state index in [9.17, 15) is 8.78 Å². The van der Waals surface area contributed by atoms with Crippen LogP contribution in [0.2, 0.25) is 0 Å². The molecule has 1 aromatic heterocycles. The van der Waals surface area contributed by atoms with Crippen molar-refractivity contribution in [1.29, 1.82) is 0 Å². The van der Waals surface area contributed by atoms with Gasteiger partial charge in [0.2, 0.25) is 0 Å². The number of thiazole rings is 1. The minimum Gasteiger partial charge on any atom is -0.375 e. The van der Waals surface area contributed by atoms with Crippen molar-refractivity contribution in [2.45, 2.75) is 26.8 Å². The van der Waals surface area contributed by atoms with Crippen LogP contribution in [0, 0.1) is 25.5 Å². The fraction of sp³-hybridized carbons (Fsp3) is 0.308. The molecule has 5 heteroatoms. The van der Waals surface area contributed by atoms with E-state index in [1.54, 1.807) is 11.3 Å². The molecule has 18 heavy (non-hydrogen) atoms. The number of hydrogen-bond acceptors (Lipinski definition) is 3. The predicted octanol–water partition coefficient (Wildman–Crippen LogP) is 4.21. The molecule has 0 aliphatic carbocycles. The molecule has 1 unspecified atom stereocenters. The second-order valence-corrected chi connectivity index (χ2v) is 5.38. The standard InChI is InChI=1S/C13H14F2N2S/c1-7-13(18-9(3)16-7)8(2)17-11-6-4-5-10(14)12(11)15/h4-6,8,17H,1-3H3. The van der Waals surface area contributed by atoms with Crippen LogP contribution in [0.1, 0.15) is 28.5 Å². The molecule has 96 valence electrons. The zero-order valence-corrected chi connectivity index (χ0v) is 11.2. The molecule has 1 heterocycles. The Morgan fingerprint density at radius 2 is 2.00 bits per heavy atom. The summed E-state index contributed by atoms with van der Waals surface area (Å²) in [6, 6.07) is 4.01. The number of nitrogens with one attached hydrogen (secondary N) is 1. The van der Waals surface area contributed by atoms with Gasteiger partial charge in [-0.3, -0.25) is 0 Å². The number of rotatable bonds is 3. The van der Waals surface area contributed by atoms with Crippen molar-refractivity contribution < 1.29 is 8.78 Å². The first-order valence-corrected chi connectivity index (χ1v) is 6.45. The van der Waals surface area contributed by atoms with Crippen LogP contribution in [-0.2, 0) is 0 Å². The van der Waals surface area contributed by atoms with Gasteiger partial charge in [-0.05, 0) is 32.9 Å². The Bertz CT molecular complexity index is 566. The summed E-state index contributed by atoms with van der Waals surface area (Å²) in [5.74, 6) is -1.69. The fourth-order valence-electron chi connectivity index (χ4n) is 1.86. The number of hydrogen-bond donors (Lipinski definition) is 1. The number of benzene rings is 1. The summed E-state index contributed by atoms with van der Waals surface area (Å²) < 4.78 is 26.6. The highest BCUT2D eigenvalue weighted by molar-refractivity contribution is 7.11. The summed E-state index contributed by atoms with van der Waals surface area (Å²) in [4.78, 5) is 5.36. The largest absolute Gasteiger partial charge is 0.375 e. The van der Waals surface area contributed by atoms with E-state index in [0.717, 1.165) is 21.6 Å². The maximum atomic E-state index is 13.5. The lowest BCUT2D eigenvalue weighted by atomic mass is 10.2. The predicted molar refractivity (Wildman–Crippen MR) is 70.0 cm³/mol. The summed E-state index contributed by atoms with van der Waals surface area (Å²) in [6.07, 6.45) is 0. The van der Waals surface area contributed by atoms with E-state index in [2.05, 4.69) is 10.3 Å². The van der Waals surface area contributed by atoms with Crippen LogP contribution in [0.3, 0.4) is 0 Å². The van der Waals surface area contributed by atoms with Crippen molar-refractivity contribution in [3.05, 3.63) is 45.4 Å². The van der Waals surface area contributed by atoms with E-state index in [1.807, 2.05) is 20.8 Å². The smallest absolute Gasteiger partial charge is 0.181 e. The minimum absolute atomic E-state index is 0.104. The van der Waals surface area contributed by atoms with Crippen molar-refractivity contribution in [1.82, 2.24) is 4.98 Å². The monoisotopic (exact) mass is 268 g/mol. The lowest BCUT2D eigenvalue weighted by Crippen LogP contribution is -2.08. The van der Waals surface area contributed by atoms with Gasteiger partial charge >= 0.3 is 0 Å². The number of nitrogens with zero attached hydrogens (tertiary/aromatic N) is 1. The first-order valence-electron chi connectivity index (χ1n) is 5.63. The minimum atomic E-state index is -0.844. The summed E-state index contributed by atoms with van der Waals surface area (Å²) in [5.41, 5.74) is 1.10. The molecular formula is C13H14F2N2S. The molecule has 0 aliphatic heterocycles. The van der Waals surface area contributed by atoms with Gasteiger partial charge in [0.05, 0.1) is 22.4 Å². The fourth-order valence-corrected chi connectivity index (χ4v) is 2.79. The van der Waals surface area contributed by atoms with E-state index in [1.165, 1.54) is 12.1 Å². The average Bonchev–Trinajstić information content (AvgIpc) is 2.64. The number of aryl methyl sites for hydroxylation is 2. The Morgan fingerprint density at radius 3 is 2.61 bits per heavy atom. The van der Waals surface area contributed by atoms with E-state index in [-0.39, 0.29) is 11.7 Å². The highest BCUT2D eigenvalue weighted by Gasteiger charge is 2.15. The second kappa shape index (κ2) is 5.02. The van der Waals surface area contributed by atoms with Crippen LogP contribution in [0.25, 0.3) is 0 Å². The van der Waals surface area contributed by atoms with E-state index < -0.39 is 11.6 Å². The Labute approximate surface area is 109 Å². The summed E-state index contributed by atoms with van der Waals surface area (Å²) in [7, 11) is 0. The van der Waals surface area contributed by atoms with Gasteiger partial charge in [-0.1, -0.05) is 6.07 Å². The Balaban J connectivity index is 2.24. The molecular weight excluding hydrogens is 254 g/mol. The second-order valence-electron chi connectivity index (χ2n) is 4.15. The van der Waals surface area contributed by atoms with Gasteiger partial charge in [0.15, 0.2) is 11.6 Å². The Morgan fingerprint density at radius 1 is 1.28 bits per heavy atom. The van der Waals surface area contributed by atoms with Crippen LogP contribution in [0.4, 0.5) is 14.5 Å². The van der Waals surface area contributed by atoms with Crippen molar-refractivity contribution in [2.24, 2.45) is 0 Å². The highest BCUT2D eigenvalue weighted by Crippen LogP contribution is 2.28. The van der Waals surface area contributed by atoms with Crippen LogP contribution in [0.15, 0.2) is 18.2 Å². The first-order chi connectivity index (χ1) is 8.49. The molecule has 0 saturated heterocycles. The molecule has 0 amide bonds. The third kappa shape index (κ3) is 2.51. The van der Waals surface area contributed by atoms with Crippen molar-refractivity contribution >= 4 is 17.0 Å². The lowest BCUT2D eigenvalue weighted by Gasteiger charge is -2.15. The van der Waals surface area contributed by atoms with Crippen LogP contribution < -0.4 is 5.32 Å². The zero-order valence-electron chi connectivity index (χ0n) is 10.4. The quantitative estimate of drug-likeness (QED) is 0.902. The van der Waals surface area contributed by atoms with Crippen molar-refractivity contribution in [2.75, 3.05) is 5.32 Å². The summed E-state index contributed by atoms with van der Waals surface area (Å²) in [5, 5.41) is 3.95. The molecule has 2 aromatic rings. The Hall–Kier alpha value is -1.49. The van der Waals surface area contributed by atoms with Gasteiger partial charge in [-0.2, -0.15) is 0 Å². The van der Waals surface area contributed by atoms with E-state index >= 15 is 0 Å². The topological polar surface area (TPSA) is 24.9 Å². The Kier molecular flexibility index (Phi) is 3.61. The molecule has 1 atom stereocenters. The summed E-state index contributed by atoms with van der Waals surface area (Å²) >= 11 is 1.56. The van der Waals surface area contributed by atoms with Crippen molar-refractivity contribution in [3.8, 4) is 0 Å². The maximum Gasteiger partial charge on any atom is 0.181 e. The van der Waals surface area contributed by atoms with Gasteiger partial charge in [0, 0.05) is 4.88 Å². The van der Waals surface area contributed by atoms with Gasteiger partial charge < -0.3 is 5.32 Å². The lowest BCUT2D eigenvalue weighted by molar-refractivity contribution is 0.510. The number of anilines is 1. The maximum absolute atomic E-state index is 13.5. The van der Waals surface area contributed by atoms with Gasteiger partial charge in [0.1, 0.15) is 0 Å². The average molecular weight is 268 g/mol. The van der Waals surface area contributed by atoms with Gasteiger partial charge in [-0.15, -0.1) is 11.3 Å². The molecule has 0 fully saturated rings. The molecule has 0 aliphatic rings.